The smallest absolute Gasteiger partial charge is 0.320 e. The molecule has 0 radical (unpaired) electrons. The van der Waals surface area contributed by atoms with Crippen LogP contribution in [0, 0.1) is 11.8 Å². The lowest BCUT2D eigenvalue weighted by molar-refractivity contribution is -0.160. The lowest BCUT2D eigenvalue weighted by Crippen LogP contribution is -2.32. The zero-order valence-electron chi connectivity index (χ0n) is 13.9. The summed E-state index contributed by atoms with van der Waals surface area (Å²) in [7, 11) is 2.52. The highest BCUT2D eigenvalue weighted by atomic mass is 16.5. The van der Waals surface area contributed by atoms with Crippen molar-refractivity contribution >= 4 is 11.9 Å². The van der Waals surface area contributed by atoms with Gasteiger partial charge in [0.25, 0.3) is 0 Å². The Hall–Kier alpha value is -2.14. The number of rotatable bonds is 9. The summed E-state index contributed by atoms with van der Waals surface area (Å²) in [5.41, 5.74) is 1.09. The van der Waals surface area contributed by atoms with Gasteiger partial charge in [0.1, 0.15) is 0 Å². The number of allylic oxidation sites excluding steroid dienone is 1. The second kappa shape index (κ2) is 10.6. The molecule has 0 aliphatic rings. The molecule has 0 amide bonds. The molecule has 1 atom stereocenters. The fourth-order valence-electron chi connectivity index (χ4n) is 2.23. The monoisotopic (exact) mass is 320 g/mol. The van der Waals surface area contributed by atoms with E-state index in [0.29, 0.717) is 19.6 Å². The zero-order valence-corrected chi connectivity index (χ0v) is 13.9. The van der Waals surface area contributed by atoms with Crippen molar-refractivity contribution < 1.29 is 23.8 Å². The molecule has 0 fully saturated rings. The largest absolute Gasteiger partial charge is 0.468 e. The van der Waals surface area contributed by atoms with Gasteiger partial charge in [0.15, 0.2) is 5.92 Å². The van der Waals surface area contributed by atoms with Crippen LogP contribution in [0.4, 0.5) is 0 Å². The van der Waals surface area contributed by atoms with Crippen LogP contribution in [0.1, 0.15) is 18.9 Å². The first-order valence-corrected chi connectivity index (χ1v) is 7.58. The van der Waals surface area contributed by atoms with Gasteiger partial charge >= 0.3 is 11.9 Å². The van der Waals surface area contributed by atoms with Gasteiger partial charge in [-0.25, -0.2) is 0 Å². The molecule has 126 valence electrons. The maximum absolute atomic E-state index is 11.8. The summed E-state index contributed by atoms with van der Waals surface area (Å²) in [5.74, 6) is -2.40. The number of benzene rings is 1. The number of hydrogen-bond donors (Lipinski definition) is 0. The van der Waals surface area contributed by atoms with Gasteiger partial charge < -0.3 is 14.2 Å². The summed E-state index contributed by atoms with van der Waals surface area (Å²) < 4.78 is 14.9. The average Bonchev–Trinajstić information content (AvgIpc) is 2.60. The maximum Gasteiger partial charge on any atom is 0.320 e. The van der Waals surface area contributed by atoms with Crippen molar-refractivity contribution in [1.29, 1.82) is 0 Å². The predicted molar refractivity (Wildman–Crippen MR) is 86.5 cm³/mol. The van der Waals surface area contributed by atoms with Crippen molar-refractivity contribution in [2.75, 3.05) is 20.8 Å². The Morgan fingerprint density at radius 1 is 1.09 bits per heavy atom. The maximum atomic E-state index is 11.8. The number of esters is 2. The van der Waals surface area contributed by atoms with E-state index in [4.69, 9.17) is 14.2 Å². The number of hydrogen-bond acceptors (Lipinski definition) is 5. The molecule has 0 N–H and O–H groups in total. The van der Waals surface area contributed by atoms with Crippen LogP contribution in [0.25, 0.3) is 0 Å². The van der Waals surface area contributed by atoms with Gasteiger partial charge in [0, 0.05) is 5.92 Å². The molecule has 0 bridgehead atoms. The van der Waals surface area contributed by atoms with Crippen LogP contribution in [0.3, 0.4) is 0 Å². The van der Waals surface area contributed by atoms with E-state index in [0.717, 1.165) is 5.56 Å². The predicted octanol–water partition coefficient (Wildman–Crippen LogP) is 2.75. The Kier molecular flexibility index (Phi) is 8.68. The fraction of sp³-hybridized carbons (Fsp3) is 0.444. The molecule has 0 heterocycles. The molecule has 0 unspecified atom stereocenters. The molecule has 1 aromatic rings. The van der Waals surface area contributed by atoms with Crippen molar-refractivity contribution in [2.24, 2.45) is 11.8 Å². The summed E-state index contributed by atoms with van der Waals surface area (Å²) in [5, 5.41) is 0. The van der Waals surface area contributed by atoms with E-state index >= 15 is 0 Å². The molecular formula is C18H24O5. The van der Waals surface area contributed by atoms with Gasteiger partial charge in [-0.15, -0.1) is 0 Å². The molecule has 0 aliphatic carbocycles. The highest BCUT2D eigenvalue weighted by Crippen LogP contribution is 2.20. The van der Waals surface area contributed by atoms with Crippen molar-refractivity contribution in [2.45, 2.75) is 20.0 Å². The van der Waals surface area contributed by atoms with Crippen LogP contribution < -0.4 is 0 Å². The van der Waals surface area contributed by atoms with Gasteiger partial charge in [0.05, 0.1) is 27.4 Å². The van der Waals surface area contributed by atoms with E-state index in [1.807, 2.05) is 49.4 Å². The van der Waals surface area contributed by atoms with Crippen LogP contribution in [0.15, 0.2) is 42.5 Å². The van der Waals surface area contributed by atoms with Crippen molar-refractivity contribution in [3.8, 4) is 0 Å². The van der Waals surface area contributed by atoms with Crippen LogP contribution in [0.2, 0.25) is 0 Å². The summed E-state index contributed by atoms with van der Waals surface area (Å²) in [6.07, 6.45) is 4.24. The van der Waals surface area contributed by atoms with Gasteiger partial charge in [0.2, 0.25) is 0 Å². The molecule has 0 saturated carbocycles. The molecule has 0 aliphatic heterocycles. The average molecular weight is 320 g/mol. The van der Waals surface area contributed by atoms with E-state index in [9.17, 15) is 9.59 Å². The zero-order chi connectivity index (χ0) is 17.1. The third-order valence-electron chi connectivity index (χ3n) is 3.52. The highest BCUT2D eigenvalue weighted by molar-refractivity contribution is 5.95. The van der Waals surface area contributed by atoms with Crippen LogP contribution in [-0.2, 0) is 30.4 Å². The van der Waals surface area contributed by atoms with E-state index < -0.39 is 17.9 Å². The molecule has 5 heteroatoms. The van der Waals surface area contributed by atoms with Crippen molar-refractivity contribution in [3.05, 3.63) is 48.0 Å². The minimum atomic E-state index is -0.944. The minimum Gasteiger partial charge on any atom is -0.468 e. The summed E-state index contributed by atoms with van der Waals surface area (Å²) in [4.78, 5) is 23.6. The third-order valence-corrected chi connectivity index (χ3v) is 3.52. The normalized spacial score (nSPS) is 12.3. The number of methoxy groups -OCH3 is 2. The molecule has 1 rings (SSSR count). The second-order valence-corrected chi connectivity index (χ2v) is 5.02. The SMILES string of the molecule is CC[C@H](/C=C/COCc1ccccc1)C(C(=O)OC)C(=O)OC. The lowest BCUT2D eigenvalue weighted by atomic mass is 9.89. The topological polar surface area (TPSA) is 61.8 Å². The molecule has 0 aromatic heterocycles. The minimum absolute atomic E-state index is 0.282. The van der Waals surface area contributed by atoms with Crippen molar-refractivity contribution in [3.63, 3.8) is 0 Å². The first-order valence-electron chi connectivity index (χ1n) is 7.58. The quantitative estimate of drug-likeness (QED) is 0.303. The lowest BCUT2D eigenvalue weighted by Gasteiger charge is -2.19. The van der Waals surface area contributed by atoms with Gasteiger partial charge in [-0.2, -0.15) is 0 Å². The molecule has 5 nitrogen and oxygen atoms in total. The van der Waals surface area contributed by atoms with E-state index in [1.165, 1.54) is 14.2 Å². The second-order valence-electron chi connectivity index (χ2n) is 5.02. The Morgan fingerprint density at radius 2 is 1.70 bits per heavy atom. The summed E-state index contributed by atoms with van der Waals surface area (Å²) in [6.45, 7) is 2.82. The summed E-state index contributed by atoms with van der Waals surface area (Å²) >= 11 is 0. The molecule has 0 spiro atoms. The van der Waals surface area contributed by atoms with E-state index in [1.54, 1.807) is 0 Å². The highest BCUT2D eigenvalue weighted by Gasteiger charge is 2.34. The summed E-state index contributed by atoms with van der Waals surface area (Å²) in [6, 6.07) is 9.85. The first-order chi connectivity index (χ1) is 11.1. The number of ether oxygens (including phenoxy) is 3. The van der Waals surface area contributed by atoms with Crippen LogP contribution in [0.5, 0.6) is 0 Å². The van der Waals surface area contributed by atoms with Crippen LogP contribution in [-0.4, -0.2) is 32.8 Å². The number of carbonyl (C=O) groups is 2. The van der Waals surface area contributed by atoms with E-state index in [2.05, 4.69) is 0 Å². The Balaban J connectivity index is 2.55. The fourth-order valence-corrected chi connectivity index (χ4v) is 2.23. The Labute approximate surface area is 137 Å². The third kappa shape index (κ3) is 6.24. The molecule has 23 heavy (non-hydrogen) atoms. The molecule has 1 aromatic carbocycles. The standard InChI is InChI=1S/C18H24O5/c1-4-15(16(17(19)21-2)18(20)22-3)11-8-12-23-13-14-9-6-5-7-10-14/h5-11,15-16H,4,12-13H2,1-3H3/b11-8+/t15-/m1/s1. The van der Waals surface area contributed by atoms with Crippen LogP contribution >= 0.6 is 0 Å². The van der Waals surface area contributed by atoms with Gasteiger partial charge in [-0.3, -0.25) is 9.59 Å². The molecular weight excluding hydrogens is 296 g/mol. The van der Waals surface area contributed by atoms with Crippen molar-refractivity contribution in [1.82, 2.24) is 0 Å². The van der Waals surface area contributed by atoms with Gasteiger partial charge in [-0.1, -0.05) is 49.4 Å². The Morgan fingerprint density at radius 3 is 2.22 bits per heavy atom. The Bertz CT molecular complexity index is 493. The first kappa shape index (κ1) is 18.9. The molecule has 0 saturated heterocycles. The van der Waals surface area contributed by atoms with Gasteiger partial charge in [-0.05, 0) is 12.0 Å². The van der Waals surface area contributed by atoms with E-state index in [-0.39, 0.29) is 5.92 Å². The number of carbonyl (C=O) groups excluding carboxylic acids is 2.